The Morgan fingerprint density at radius 1 is 0.471 bits per heavy atom. The molecule has 51 heavy (non-hydrogen) atoms. The molecule has 0 bridgehead atoms. The largest absolute Gasteiger partial charge is 0.355 e. The molecule has 0 atom stereocenters. The molecular weight excluding hydrogens is 623 g/mol. The van der Waals surface area contributed by atoms with Crippen molar-refractivity contribution in [3.05, 3.63) is 174 Å². The highest BCUT2D eigenvalue weighted by atomic mass is 15.0. The summed E-state index contributed by atoms with van der Waals surface area (Å²) in [7, 11) is 0. The third-order valence-corrected chi connectivity index (χ3v) is 9.56. The molecule has 0 aliphatic carbocycles. The van der Waals surface area contributed by atoms with E-state index in [1.807, 2.05) is 91.9 Å². The van der Waals surface area contributed by atoms with E-state index in [4.69, 9.17) is 0 Å². The number of benzene rings is 7. The molecular formula is C46H29N5. The second-order valence-corrected chi connectivity index (χ2v) is 12.4. The van der Waals surface area contributed by atoms with Crippen LogP contribution in [0.2, 0.25) is 0 Å². The van der Waals surface area contributed by atoms with Gasteiger partial charge in [0, 0.05) is 33.3 Å². The lowest BCUT2D eigenvalue weighted by molar-refractivity contribution is 1.17. The van der Waals surface area contributed by atoms with Crippen molar-refractivity contribution in [2.24, 2.45) is 0 Å². The average Bonchev–Trinajstić information content (AvgIpc) is 3.52. The Bertz CT molecular complexity index is 2730. The van der Waals surface area contributed by atoms with Crippen molar-refractivity contribution in [3.63, 3.8) is 0 Å². The first-order valence-electron chi connectivity index (χ1n) is 16.6. The van der Waals surface area contributed by atoms with Gasteiger partial charge in [0.05, 0.1) is 45.5 Å². The van der Waals surface area contributed by atoms with Gasteiger partial charge >= 0.3 is 0 Å². The molecule has 7 aromatic carbocycles. The SMILES string of the molecule is Cc1c(C#N)cccc1-c1cc(C#N)ccc1Nc1ccccc1-c1ccccc1-c1ccc(-n2c3ccccc3c3ccccc32)c(C#N)c1. The maximum atomic E-state index is 10.5. The van der Waals surface area contributed by atoms with E-state index >= 15 is 0 Å². The summed E-state index contributed by atoms with van der Waals surface area (Å²) in [6.07, 6.45) is 0. The number of fused-ring (bicyclic) bond motifs is 3. The summed E-state index contributed by atoms with van der Waals surface area (Å²) in [5.41, 5.74) is 12.9. The van der Waals surface area contributed by atoms with Crippen molar-refractivity contribution in [1.82, 2.24) is 4.57 Å². The third kappa shape index (κ3) is 5.35. The van der Waals surface area contributed by atoms with Crippen molar-refractivity contribution < 1.29 is 0 Å². The van der Waals surface area contributed by atoms with E-state index in [0.717, 1.165) is 77.8 Å². The molecule has 238 valence electrons. The van der Waals surface area contributed by atoms with Crippen LogP contribution in [0.3, 0.4) is 0 Å². The predicted octanol–water partition coefficient (Wildman–Crippen LogP) is 11.5. The van der Waals surface area contributed by atoms with Gasteiger partial charge in [-0.3, -0.25) is 0 Å². The number of aromatic nitrogens is 1. The van der Waals surface area contributed by atoms with Gasteiger partial charge in [-0.05, 0) is 89.3 Å². The number of rotatable bonds is 6. The van der Waals surface area contributed by atoms with Crippen LogP contribution in [0.1, 0.15) is 22.3 Å². The van der Waals surface area contributed by atoms with Crippen LogP contribution in [0.25, 0.3) is 60.9 Å². The van der Waals surface area contributed by atoms with Crippen LogP contribution >= 0.6 is 0 Å². The zero-order valence-electron chi connectivity index (χ0n) is 27.7. The van der Waals surface area contributed by atoms with Gasteiger partial charge in [0.2, 0.25) is 0 Å². The van der Waals surface area contributed by atoms with Crippen molar-refractivity contribution in [3.8, 4) is 57.3 Å². The Labute approximate surface area is 296 Å². The Morgan fingerprint density at radius 3 is 1.78 bits per heavy atom. The minimum atomic E-state index is 0.536. The van der Waals surface area contributed by atoms with Crippen molar-refractivity contribution in [2.45, 2.75) is 6.92 Å². The molecule has 1 N–H and O–H groups in total. The summed E-state index contributed by atoms with van der Waals surface area (Å²) in [6, 6.07) is 57.4. The molecule has 1 heterocycles. The predicted molar refractivity (Wildman–Crippen MR) is 206 cm³/mol. The molecule has 5 heteroatoms. The lowest BCUT2D eigenvalue weighted by Gasteiger charge is -2.19. The van der Waals surface area contributed by atoms with Gasteiger partial charge in [-0.1, -0.05) is 97.1 Å². The molecule has 0 saturated carbocycles. The van der Waals surface area contributed by atoms with Crippen LogP contribution in [0.5, 0.6) is 0 Å². The summed E-state index contributed by atoms with van der Waals surface area (Å²) in [6.45, 7) is 1.93. The van der Waals surface area contributed by atoms with E-state index < -0.39 is 0 Å². The molecule has 1 aromatic heterocycles. The maximum Gasteiger partial charge on any atom is 0.101 e. The van der Waals surface area contributed by atoms with Crippen LogP contribution in [-0.2, 0) is 0 Å². The van der Waals surface area contributed by atoms with Gasteiger partial charge in [0.15, 0.2) is 0 Å². The first kappa shape index (κ1) is 30.9. The Balaban J connectivity index is 1.24. The highest BCUT2D eigenvalue weighted by Crippen LogP contribution is 2.41. The average molecular weight is 652 g/mol. The number of nitrogens with zero attached hydrogens (tertiary/aromatic N) is 4. The molecule has 8 rings (SSSR count). The molecule has 8 aromatic rings. The normalized spacial score (nSPS) is 10.8. The van der Waals surface area contributed by atoms with Crippen LogP contribution in [-0.4, -0.2) is 4.57 Å². The van der Waals surface area contributed by atoms with Gasteiger partial charge in [0.25, 0.3) is 0 Å². The summed E-state index contributed by atoms with van der Waals surface area (Å²) in [4.78, 5) is 0. The minimum absolute atomic E-state index is 0.536. The quantitative estimate of drug-likeness (QED) is 0.194. The van der Waals surface area contributed by atoms with Crippen LogP contribution < -0.4 is 5.32 Å². The Morgan fingerprint density at radius 2 is 1.08 bits per heavy atom. The standard InChI is InChI=1S/C46H29N5/c1-30-33(28-48)11-10-17-35(30)41-25-31(27-47)21-23-43(41)50-42-18-7-4-14-38(42)37-13-3-2-12-36(37)32-22-24-44(34(26-32)29-49)51-45-19-8-5-15-39(45)40-16-6-9-20-46(40)51/h2-26,50H,1H3. The van der Waals surface area contributed by atoms with Crippen LogP contribution in [0.4, 0.5) is 11.4 Å². The molecule has 0 saturated heterocycles. The number of para-hydroxylation sites is 3. The molecule has 0 aliphatic heterocycles. The fourth-order valence-corrected chi connectivity index (χ4v) is 7.11. The van der Waals surface area contributed by atoms with Crippen molar-refractivity contribution in [1.29, 1.82) is 15.8 Å². The lowest BCUT2D eigenvalue weighted by Crippen LogP contribution is -1.99. The van der Waals surface area contributed by atoms with Gasteiger partial charge in [-0.2, -0.15) is 15.8 Å². The first-order valence-corrected chi connectivity index (χ1v) is 16.6. The molecule has 5 nitrogen and oxygen atoms in total. The van der Waals surface area contributed by atoms with Gasteiger partial charge in [-0.15, -0.1) is 0 Å². The summed E-state index contributed by atoms with van der Waals surface area (Å²) >= 11 is 0. The van der Waals surface area contributed by atoms with Crippen LogP contribution in [0, 0.1) is 40.9 Å². The number of hydrogen-bond acceptors (Lipinski definition) is 4. The smallest absolute Gasteiger partial charge is 0.101 e. The van der Waals surface area contributed by atoms with Crippen LogP contribution in [0.15, 0.2) is 152 Å². The second kappa shape index (κ2) is 12.9. The monoisotopic (exact) mass is 651 g/mol. The van der Waals surface area contributed by atoms with E-state index in [9.17, 15) is 15.8 Å². The van der Waals surface area contributed by atoms with Gasteiger partial charge < -0.3 is 9.88 Å². The number of anilines is 2. The van der Waals surface area contributed by atoms with E-state index in [0.29, 0.717) is 16.7 Å². The number of hydrogen-bond donors (Lipinski definition) is 1. The third-order valence-electron chi connectivity index (χ3n) is 9.56. The Hall–Kier alpha value is -7.39. The zero-order valence-corrected chi connectivity index (χ0v) is 27.7. The summed E-state index contributed by atoms with van der Waals surface area (Å²) < 4.78 is 2.18. The fraction of sp³-hybridized carbons (Fsp3) is 0.0217. The zero-order chi connectivity index (χ0) is 34.9. The second-order valence-electron chi connectivity index (χ2n) is 12.4. The van der Waals surface area contributed by atoms with Crippen molar-refractivity contribution >= 4 is 33.2 Å². The molecule has 0 amide bonds. The van der Waals surface area contributed by atoms with E-state index in [2.05, 4.69) is 82.7 Å². The molecule has 0 spiro atoms. The fourth-order valence-electron chi connectivity index (χ4n) is 7.11. The number of nitrogens with one attached hydrogen (secondary N) is 1. The van der Waals surface area contributed by atoms with Gasteiger partial charge in [0.1, 0.15) is 6.07 Å². The molecule has 0 aliphatic rings. The topological polar surface area (TPSA) is 88.3 Å². The lowest BCUT2D eigenvalue weighted by atomic mass is 9.92. The van der Waals surface area contributed by atoms with E-state index in [-0.39, 0.29) is 0 Å². The highest BCUT2D eigenvalue weighted by Gasteiger charge is 2.18. The van der Waals surface area contributed by atoms with Gasteiger partial charge in [-0.25, -0.2) is 0 Å². The summed E-state index contributed by atoms with van der Waals surface area (Å²) in [5, 5.41) is 36.0. The minimum Gasteiger partial charge on any atom is -0.355 e. The first-order chi connectivity index (χ1) is 25.1. The maximum absolute atomic E-state index is 10.5. The highest BCUT2D eigenvalue weighted by molar-refractivity contribution is 6.09. The molecule has 0 fully saturated rings. The molecule has 0 unspecified atom stereocenters. The van der Waals surface area contributed by atoms with E-state index in [1.165, 1.54) is 0 Å². The van der Waals surface area contributed by atoms with E-state index in [1.54, 1.807) is 12.1 Å². The van der Waals surface area contributed by atoms with Crippen molar-refractivity contribution in [2.75, 3.05) is 5.32 Å². The molecule has 0 radical (unpaired) electrons. The number of nitriles is 3. The summed E-state index contributed by atoms with van der Waals surface area (Å²) in [5.74, 6) is 0. The Kier molecular flexibility index (Phi) is 7.82.